The van der Waals surface area contributed by atoms with Crippen LogP contribution in [0.2, 0.25) is 0 Å². The zero-order valence-corrected chi connectivity index (χ0v) is 9.55. The fourth-order valence-corrected chi connectivity index (χ4v) is 1.66. The summed E-state index contributed by atoms with van der Waals surface area (Å²) in [4.78, 5) is 12.5. The molecule has 0 spiro atoms. The Morgan fingerprint density at radius 3 is 2.38 bits per heavy atom. The summed E-state index contributed by atoms with van der Waals surface area (Å²) >= 11 is 0. The van der Waals surface area contributed by atoms with Crippen molar-refractivity contribution < 1.29 is 15.0 Å². The van der Waals surface area contributed by atoms with Crippen molar-refractivity contribution in [2.45, 2.75) is 19.9 Å². The molecule has 1 rings (SSSR count). The highest BCUT2D eigenvalue weighted by atomic mass is 16.4. The summed E-state index contributed by atoms with van der Waals surface area (Å²) in [6.45, 7) is 4.59. The summed E-state index contributed by atoms with van der Waals surface area (Å²) in [6.07, 6.45) is 0. The smallest absolute Gasteiger partial charge is 0.317 e. The molecule has 0 aliphatic rings. The van der Waals surface area contributed by atoms with E-state index in [2.05, 4.69) is 0 Å². The highest BCUT2D eigenvalue weighted by Crippen LogP contribution is 2.21. The van der Waals surface area contributed by atoms with Crippen LogP contribution in [0.5, 0.6) is 5.75 Å². The van der Waals surface area contributed by atoms with Crippen LogP contribution in [-0.2, 0) is 4.79 Å². The molecule has 0 fully saturated rings. The van der Waals surface area contributed by atoms with Crippen LogP contribution in [0.1, 0.15) is 25.5 Å². The van der Waals surface area contributed by atoms with Gasteiger partial charge in [-0.1, -0.05) is 19.1 Å². The van der Waals surface area contributed by atoms with Crippen molar-refractivity contribution in [3.05, 3.63) is 29.8 Å². The summed E-state index contributed by atoms with van der Waals surface area (Å²) in [6, 6.07) is 6.87. The predicted octanol–water partition coefficient (Wildman–Crippen LogP) is 1.86. The largest absolute Gasteiger partial charge is 0.508 e. The molecule has 0 saturated carbocycles. The van der Waals surface area contributed by atoms with Gasteiger partial charge in [-0.2, -0.15) is 0 Å². The minimum atomic E-state index is -0.826. The molecule has 0 heterocycles. The van der Waals surface area contributed by atoms with Crippen LogP contribution in [-0.4, -0.2) is 34.2 Å². The van der Waals surface area contributed by atoms with Crippen molar-refractivity contribution in [3.8, 4) is 5.75 Å². The Kier molecular flexibility index (Phi) is 4.31. The van der Waals surface area contributed by atoms with Gasteiger partial charge in [-0.15, -0.1) is 0 Å². The van der Waals surface area contributed by atoms with Crippen LogP contribution in [0.4, 0.5) is 0 Å². The van der Waals surface area contributed by atoms with Gasteiger partial charge in [0, 0.05) is 6.04 Å². The summed E-state index contributed by atoms with van der Waals surface area (Å²) in [5.74, 6) is -0.607. The van der Waals surface area contributed by atoms with Crippen LogP contribution < -0.4 is 0 Å². The van der Waals surface area contributed by atoms with Crippen LogP contribution >= 0.6 is 0 Å². The van der Waals surface area contributed by atoms with Gasteiger partial charge in [-0.05, 0) is 31.2 Å². The number of hydrogen-bond acceptors (Lipinski definition) is 3. The Morgan fingerprint density at radius 1 is 1.38 bits per heavy atom. The summed E-state index contributed by atoms with van der Waals surface area (Å²) in [5, 5.41) is 17.9. The number of rotatable bonds is 5. The molecule has 16 heavy (non-hydrogen) atoms. The number of aromatic hydroxyl groups is 1. The van der Waals surface area contributed by atoms with Crippen molar-refractivity contribution in [1.29, 1.82) is 0 Å². The molecular formula is C12H17NO3. The molecule has 1 aromatic rings. The Balaban J connectivity index is 2.78. The zero-order valence-electron chi connectivity index (χ0n) is 9.55. The number of likely N-dealkylation sites (N-methyl/N-ethyl adjacent to an activating group) is 1. The van der Waals surface area contributed by atoms with Gasteiger partial charge in [0.15, 0.2) is 0 Å². The number of aliphatic carboxylic acids is 1. The third-order valence-electron chi connectivity index (χ3n) is 2.67. The topological polar surface area (TPSA) is 60.8 Å². The Labute approximate surface area is 95.1 Å². The van der Waals surface area contributed by atoms with Gasteiger partial charge in [0.05, 0.1) is 6.54 Å². The number of benzene rings is 1. The minimum Gasteiger partial charge on any atom is -0.508 e. The summed E-state index contributed by atoms with van der Waals surface area (Å²) in [7, 11) is 0. The van der Waals surface area contributed by atoms with Crippen molar-refractivity contribution in [2.75, 3.05) is 13.1 Å². The third-order valence-corrected chi connectivity index (χ3v) is 2.67. The molecule has 0 radical (unpaired) electrons. The molecule has 0 aliphatic carbocycles. The van der Waals surface area contributed by atoms with E-state index in [0.29, 0.717) is 6.54 Å². The van der Waals surface area contributed by atoms with Crippen LogP contribution in [0.3, 0.4) is 0 Å². The summed E-state index contributed by atoms with van der Waals surface area (Å²) < 4.78 is 0. The molecular weight excluding hydrogens is 206 g/mol. The number of phenolic OH excluding ortho intramolecular Hbond substituents is 1. The molecule has 1 unspecified atom stereocenters. The molecule has 0 aromatic heterocycles. The van der Waals surface area contributed by atoms with E-state index >= 15 is 0 Å². The highest BCUT2D eigenvalue weighted by Gasteiger charge is 2.16. The van der Waals surface area contributed by atoms with Crippen LogP contribution in [0, 0.1) is 0 Å². The van der Waals surface area contributed by atoms with Gasteiger partial charge in [-0.25, -0.2) is 0 Å². The molecule has 88 valence electrons. The van der Waals surface area contributed by atoms with Gasteiger partial charge < -0.3 is 10.2 Å². The second-order valence-corrected chi connectivity index (χ2v) is 3.72. The maximum absolute atomic E-state index is 10.7. The number of carboxylic acids is 1. The first-order chi connectivity index (χ1) is 7.54. The molecule has 4 nitrogen and oxygen atoms in total. The standard InChI is InChI=1S/C12H17NO3/c1-3-13(8-12(15)16)9(2)10-4-6-11(14)7-5-10/h4-7,9,14H,3,8H2,1-2H3,(H,15,16). The fourth-order valence-electron chi connectivity index (χ4n) is 1.66. The first-order valence-corrected chi connectivity index (χ1v) is 5.29. The molecule has 4 heteroatoms. The lowest BCUT2D eigenvalue weighted by molar-refractivity contribution is -0.138. The lowest BCUT2D eigenvalue weighted by Crippen LogP contribution is -2.32. The van der Waals surface area contributed by atoms with E-state index < -0.39 is 5.97 Å². The first kappa shape index (κ1) is 12.5. The zero-order chi connectivity index (χ0) is 12.1. The monoisotopic (exact) mass is 223 g/mol. The normalized spacial score (nSPS) is 12.7. The SMILES string of the molecule is CCN(CC(=O)O)C(C)c1ccc(O)cc1. The third kappa shape index (κ3) is 3.24. The maximum Gasteiger partial charge on any atom is 0.317 e. The molecule has 0 aliphatic heterocycles. The average molecular weight is 223 g/mol. The van der Waals surface area contributed by atoms with Crippen molar-refractivity contribution in [2.24, 2.45) is 0 Å². The Hall–Kier alpha value is -1.55. The van der Waals surface area contributed by atoms with Crippen molar-refractivity contribution in [3.63, 3.8) is 0 Å². The number of hydrogen-bond donors (Lipinski definition) is 2. The van der Waals surface area contributed by atoms with E-state index in [1.807, 2.05) is 30.9 Å². The molecule has 1 atom stereocenters. The highest BCUT2D eigenvalue weighted by molar-refractivity contribution is 5.69. The van der Waals surface area contributed by atoms with E-state index in [1.165, 1.54) is 0 Å². The van der Waals surface area contributed by atoms with E-state index in [0.717, 1.165) is 5.56 Å². The van der Waals surface area contributed by atoms with Crippen LogP contribution in [0.25, 0.3) is 0 Å². The first-order valence-electron chi connectivity index (χ1n) is 5.29. The predicted molar refractivity (Wildman–Crippen MR) is 61.4 cm³/mol. The van der Waals surface area contributed by atoms with Crippen LogP contribution in [0.15, 0.2) is 24.3 Å². The minimum absolute atomic E-state index is 0.0263. The molecule has 1 aromatic carbocycles. The second-order valence-electron chi connectivity index (χ2n) is 3.72. The second kappa shape index (κ2) is 5.51. The van der Waals surface area contributed by atoms with E-state index in [-0.39, 0.29) is 18.3 Å². The Bertz CT molecular complexity index is 348. The molecule has 0 amide bonds. The van der Waals surface area contributed by atoms with E-state index in [1.54, 1.807) is 12.1 Å². The lowest BCUT2D eigenvalue weighted by Gasteiger charge is -2.26. The number of phenols is 1. The van der Waals surface area contributed by atoms with Gasteiger partial charge in [0.2, 0.25) is 0 Å². The molecule has 0 bridgehead atoms. The van der Waals surface area contributed by atoms with Gasteiger partial charge in [0.25, 0.3) is 0 Å². The van der Waals surface area contributed by atoms with Gasteiger partial charge in [-0.3, -0.25) is 9.69 Å². The fraction of sp³-hybridized carbons (Fsp3) is 0.417. The quantitative estimate of drug-likeness (QED) is 0.799. The number of nitrogens with zero attached hydrogens (tertiary/aromatic N) is 1. The number of carbonyl (C=O) groups is 1. The average Bonchev–Trinajstić information content (AvgIpc) is 2.25. The molecule has 0 saturated heterocycles. The van der Waals surface area contributed by atoms with E-state index in [9.17, 15) is 9.90 Å². The lowest BCUT2D eigenvalue weighted by atomic mass is 10.1. The van der Waals surface area contributed by atoms with Crippen molar-refractivity contribution >= 4 is 5.97 Å². The van der Waals surface area contributed by atoms with Crippen molar-refractivity contribution in [1.82, 2.24) is 4.90 Å². The van der Waals surface area contributed by atoms with Gasteiger partial charge in [0.1, 0.15) is 5.75 Å². The summed E-state index contributed by atoms with van der Waals surface area (Å²) in [5.41, 5.74) is 1.00. The molecule has 2 N–H and O–H groups in total. The maximum atomic E-state index is 10.7. The Morgan fingerprint density at radius 2 is 1.94 bits per heavy atom. The van der Waals surface area contributed by atoms with Gasteiger partial charge >= 0.3 is 5.97 Å². The number of carboxylic acid groups (broad SMARTS) is 1. The van der Waals surface area contributed by atoms with E-state index in [4.69, 9.17) is 5.11 Å².